The summed E-state index contributed by atoms with van der Waals surface area (Å²) >= 11 is 5.30. The van der Waals surface area contributed by atoms with Crippen molar-refractivity contribution < 1.29 is 0 Å². The molecule has 1 aromatic carbocycles. The molecule has 2 aromatic rings. The zero-order valence-electron chi connectivity index (χ0n) is 7.91. The second-order valence-corrected chi connectivity index (χ2v) is 5.58. The topological polar surface area (TPSA) is 0 Å². The lowest BCUT2D eigenvalue weighted by molar-refractivity contribution is 1.29. The fourth-order valence-electron chi connectivity index (χ4n) is 1.36. The van der Waals surface area contributed by atoms with Crippen LogP contribution in [0, 0.1) is 0 Å². The average Bonchev–Trinajstić information content (AvgIpc) is 2.58. The highest BCUT2D eigenvalue weighted by Crippen LogP contribution is 2.26. The number of alkyl halides is 1. The van der Waals surface area contributed by atoms with E-state index in [1.165, 1.54) is 15.6 Å². The first-order chi connectivity index (χ1) is 6.77. The molecule has 0 aliphatic heterocycles. The number of benzene rings is 1. The Morgan fingerprint density at radius 1 is 1.36 bits per heavy atom. The van der Waals surface area contributed by atoms with Gasteiger partial charge in [0.25, 0.3) is 0 Å². The van der Waals surface area contributed by atoms with Crippen LogP contribution in [0.1, 0.15) is 12.5 Å². The molecule has 0 saturated heterocycles. The molecule has 0 radical (unpaired) electrons. The molecule has 0 aliphatic carbocycles. The monoisotopic (exact) mass is 266 g/mol. The highest BCUT2D eigenvalue weighted by atomic mass is 79.9. The number of thiophene rings is 1. The van der Waals surface area contributed by atoms with Gasteiger partial charge < -0.3 is 0 Å². The van der Waals surface area contributed by atoms with Gasteiger partial charge in [0.2, 0.25) is 0 Å². The molecular formula is C12H11BrS. The van der Waals surface area contributed by atoms with Gasteiger partial charge in [-0.3, -0.25) is 0 Å². The summed E-state index contributed by atoms with van der Waals surface area (Å²) < 4.78 is 1.36. The Kier molecular flexibility index (Phi) is 3.04. The molecule has 0 amide bonds. The molecule has 14 heavy (non-hydrogen) atoms. The Hall–Kier alpha value is -0.600. The normalized spacial score (nSPS) is 13.9. The summed E-state index contributed by atoms with van der Waals surface area (Å²) in [6.45, 7) is 2.12. The molecule has 2 rings (SSSR count). The van der Waals surface area contributed by atoms with Crippen LogP contribution in [0.5, 0.6) is 0 Å². The fourth-order valence-corrected chi connectivity index (χ4v) is 2.45. The molecule has 0 saturated carbocycles. The molecule has 0 N–H and O–H groups in total. The van der Waals surface area contributed by atoms with Gasteiger partial charge in [0, 0.05) is 9.53 Å². The van der Waals surface area contributed by atoms with Crippen molar-refractivity contribution in [2.45, 2.75) is 11.8 Å². The van der Waals surface area contributed by atoms with Gasteiger partial charge in [-0.25, -0.2) is 0 Å². The average molecular weight is 267 g/mol. The van der Waals surface area contributed by atoms with Crippen LogP contribution in [0.4, 0.5) is 0 Å². The van der Waals surface area contributed by atoms with E-state index in [0.29, 0.717) is 4.83 Å². The molecule has 0 aliphatic rings. The summed E-state index contributed by atoms with van der Waals surface area (Å²) in [5.74, 6) is 0. The molecule has 72 valence electrons. The Balaban J connectivity index is 2.43. The van der Waals surface area contributed by atoms with Crippen LogP contribution in [-0.4, -0.2) is 4.83 Å². The lowest BCUT2D eigenvalue weighted by Gasteiger charge is -1.93. The van der Waals surface area contributed by atoms with Gasteiger partial charge in [-0.2, -0.15) is 0 Å². The highest BCUT2D eigenvalue weighted by molar-refractivity contribution is 9.09. The van der Waals surface area contributed by atoms with Gasteiger partial charge in [0.1, 0.15) is 0 Å². The lowest BCUT2D eigenvalue weighted by Crippen LogP contribution is -1.78. The minimum absolute atomic E-state index is 0.432. The van der Waals surface area contributed by atoms with E-state index < -0.39 is 0 Å². The van der Waals surface area contributed by atoms with Crippen LogP contribution in [0.15, 0.2) is 35.7 Å². The van der Waals surface area contributed by atoms with Crippen molar-refractivity contribution in [1.29, 1.82) is 0 Å². The summed E-state index contributed by atoms with van der Waals surface area (Å²) in [4.78, 5) is 0.432. The van der Waals surface area contributed by atoms with E-state index >= 15 is 0 Å². The maximum atomic E-state index is 3.50. The van der Waals surface area contributed by atoms with Crippen molar-refractivity contribution in [3.05, 3.63) is 41.3 Å². The van der Waals surface area contributed by atoms with E-state index in [2.05, 4.69) is 64.7 Å². The number of hydrogen-bond donors (Lipinski definition) is 0. The van der Waals surface area contributed by atoms with Crippen LogP contribution >= 0.6 is 27.3 Å². The standard InChI is InChI=1S/C12H11BrS/c1-9(13)6-7-10-8-14-12-5-3-2-4-11(10)12/h2-9H,1H3/b7-6+. The van der Waals surface area contributed by atoms with Crippen molar-refractivity contribution >= 4 is 43.4 Å². The summed E-state index contributed by atoms with van der Waals surface area (Å²) in [6, 6.07) is 8.50. The lowest BCUT2D eigenvalue weighted by atomic mass is 10.1. The summed E-state index contributed by atoms with van der Waals surface area (Å²) in [5.41, 5.74) is 1.32. The maximum Gasteiger partial charge on any atom is 0.0348 e. The second-order valence-electron chi connectivity index (χ2n) is 3.22. The molecule has 1 unspecified atom stereocenters. The first-order valence-corrected chi connectivity index (χ1v) is 6.35. The maximum absolute atomic E-state index is 3.50. The van der Waals surface area contributed by atoms with Gasteiger partial charge in [-0.1, -0.05) is 46.3 Å². The zero-order valence-corrected chi connectivity index (χ0v) is 10.3. The Morgan fingerprint density at radius 2 is 2.14 bits per heavy atom. The quantitative estimate of drug-likeness (QED) is 0.692. The molecule has 0 spiro atoms. The molecule has 0 nitrogen and oxygen atoms in total. The number of halogens is 1. The van der Waals surface area contributed by atoms with Crippen LogP contribution in [0.25, 0.3) is 16.2 Å². The third-order valence-electron chi connectivity index (χ3n) is 2.05. The number of rotatable bonds is 2. The van der Waals surface area contributed by atoms with E-state index in [1.807, 2.05) is 0 Å². The van der Waals surface area contributed by atoms with Crippen LogP contribution in [0.2, 0.25) is 0 Å². The minimum atomic E-state index is 0.432. The predicted octanol–water partition coefficient (Wildman–Crippen LogP) is 4.70. The van der Waals surface area contributed by atoms with E-state index in [-0.39, 0.29) is 0 Å². The summed E-state index contributed by atoms with van der Waals surface area (Å²) in [6.07, 6.45) is 4.34. The fraction of sp³-hybridized carbons (Fsp3) is 0.167. The van der Waals surface area contributed by atoms with Gasteiger partial charge >= 0.3 is 0 Å². The molecule has 1 atom stereocenters. The van der Waals surface area contributed by atoms with Gasteiger partial charge in [-0.15, -0.1) is 11.3 Å². The first kappa shape index (κ1) is 9.94. The summed E-state index contributed by atoms with van der Waals surface area (Å²) in [5, 5.41) is 3.55. The van der Waals surface area contributed by atoms with Gasteiger partial charge in [0.15, 0.2) is 0 Å². The van der Waals surface area contributed by atoms with E-state index in [0.717, 1.165) is 0 Å². The third-order valence-corrected chi connectivity index (χ3v) is 3.34. The smallest absolute Gasteiger partial charge is 0.0348 e. The minimum Gasteiger partial charge on any atom is -0.143 e. The Morgan fingerprint density at radius 3 is 2.93 bits per heavy atom. The van der Waals surface area contributed by atoms with Crippen molar-refractivity contribution in [2.75, 3.05) is 0 Å². The Labute approximate surface area is 96.4 Å². The van der Waals surface area contributed by atoms with E-state index in [4.69, 9.17) is 0 Å². The molecule has 1 heterocycles. The third kappa shape index (κ3) is 2.07. The number of hydrogen-bond acceptors (Lipinski definition) is 1. The largest absolute Gasteiger partial charge is 0.143 e. The van der Waals surface area contributed by atoms with Crippen LogP contribution in [-0.2, 0) is 0 Å². The summed E-state index contributed by atoms with van der Waals surface area (Å²) in [7, 11) is 0. The van der Waals surface area contributed by atoms with Crippen molar-refractivity contribution in [3.8, 4) is 0 Å². The van der Waals surface area contributed by atoms with Gasteiger partial charge in [0.05, 0.1) is 0 Å². The van der Waals surface area contributed by atoms with E-state index in [1.54, 1.807) is 11.3 Å². The number of fused-ring (bicyclic) bond motifs is 1. The molecule has 2 heteroatoms. The molecule has 1 aromatic heterocycles. The predicted molar refractivity (Wildman–Crippen MR) is 69.2 cm³/mol. The molecular weight excluding hydrogens is 256 g/mol. The molecule has 0 fully saturated rings. The SMILES string of the molecule is CC(Br)/C=C/c1csc2ccccc12. The van der Waals surface area contributed by atoms with Crippen LogP contribution in [0.3, 0.4) is 0 Å². The number of allylic oxidation sites excluding steroid dienone is 1. The highest BCUT2D eigenvalue weighted by Gasteiger charge is 1.99. The van der Waals surface area contributed by atoms with Crippen molar-refractivity contribution in [1.82, 2.24) is 0 Å². The van der Waals surface area contributed by atoms with Crippen LogP contribution < -0.4 is 0 Å². The first-order valence-electron chi connectivity index (χ1n) is 4.56. The molecule has 0 bridgehead atoms. The second kappa shape index (κ2) is 4.28. The Bertz CT molecular complexity index is 454. The van der Waals surface area contributed by atoms with Crippen molar-refractivity contribution in [2.24, 2.45) is 0 Å². The van der Waals surface area contributed by atoms with E-state index in [9.17, 15) is 0 Å². The van der Waals surface area contributed by atoms with Crippen molar-refractivity contribution in [3.63, 3.8) is 0 Å². The van der Waals surface area contributed by atoms with Gasteiger partial charge in [-0.05, 0) is 29.3 Å². The zero-order chi connectivity index (χ0) is 9.97.